The van der Waals surface area contributed by atoms with Gasteiger partial charge in [-0.3, -0.25) is 4.79 Å². The summed E-state index contributed by atoms with van der Waals surface area (Å²) in [6, 6.07) is 17.9. The van der Waals surface area contributed by atoms with Crippen LogP contribution in [-0.2, 0) is 4.79 Å². The van der Waals surface area contributed by atoms with Crippen LogP contribution in [0.1, 0.15) is 18.5 Å². The Morgan fingerprint density at radius 1 is 1.12 bits per heavy atom. The molecule has 0 spiro atoms. The van der Waals surface area contributed by atoms with Crippen LogP contribution in [0.25, 0.3) is 10.8 Å². The lowest BCUT2D eigenvalue weighted by Crippen LogP contribution is -2.30. The number of hydrogen-bond acceptors (Lipinski definition) is 3. The van der Waals surface area contributed by atoms with Gasteiger partial charge in [-0.2, -0.15) is 0 Å². The van der Waals surface area contributed by atoms with Crippen LogP contribution < -0.4 is 10.6 Å². The number of carbonyl (C=O) groups is 1. The number of carbonyl (C=O) groups excluding carboxylic acids is 1. The van der Waals surface area contributed by atoms with E-state index >= 15 is 0 Å². The number of aromatic nitrogens is 1. The standard InChI is InChI=1S/C19H18ClN3O/c1-13(15-9-4-7-14-6-2-3-8-16(14)15)22-12-18(24)23-17-10-5-11-21-19(17)20/h2-11,13,22H,12H2,1H3,(H,23,24)/t13-/m1/s1. The molecule has 1 aromatic heterocycles. The Bertz CT molecular complexity index is 861. The van der Waals surface area contributed by atoms with Gasteiger partial charge in [-0.1, -0.05) is 54.1 Å². The number of amides is 1. The Kier molecular flexibility index (Phi) is 5.08. The second-order valence-corrected chi connectivity index (χ2v) is 5.92. The summed E-state index contributed by atoms with van der Waals surface area (Å²) in [6.45, 7) is 2.24. The smallest absolute Gasteiger partial charge is 0.238 e. The van der Waals surface area contributed by atoms with Gasteiger partial charge in [-0.25, -0.2) is 4.98 Å². The summed E-state index contributed by atoms with van der Waals surface area (Å²) in [5.41, 5.74) is 1.68. The number of nitrogens with one attached hydrogen (secondary N) is 2. The number of benzene rings is 2. The zero-order chi connectivity index (χ0) is 16.9. The molecular formula is C19H18ClN3O. The van der Waals surface area contributed by atoms with Crippen LogP contribution >= 0.6 is 11.6 Å². The molecule has 0 bridgehead atoms. The Morgan fingerprint density at radius 3 is 2.75 bits per heavy atom. The Morgan fingerprint density at radius 2 is 1.92 bits per heavy atom. The Balaban J connectivity index is 1.65. The first-order chi connectivity index (χ1) is 11.6. The summed E-state index contributed by atoms with van der Waals surface area (Å²) in [7, 11) is 0. The lowest BCUT2D eigenvalue weighted by molar-refractivity contribution is -0.115. The van der Waals surface area contributed by atoms with Gasteiger partial charge in [-0.15, -0.1) is 0 Å². The van der Waals surface area contributed by atoms with Crippen LogP contribution in [-0.4, -0.2) is 17.4 Å². The van der Waals surface area contributed by atoms with Crippen molar-refractivity contribution in [1.29, 1.82) is 0 Å². The molecule has 2 aromatic carbocycles. The maximum atomic E-state index is 12.1. The fraction of sp³-hybridized carbons (Fsp3) is 0.158. The maximum absolute atomic E-state index is 12.1. The molecule has 3 rings (SSSR count). The number of pyridine rings is 1. The average Bonchev–Trinajstić information content (AvgIpc) is 2.61. The molecule has 0 aliphatic carbocycles. The van der Waals surface area contributed by atoms with E-state index in [2.05, 4.69) is 39.9 Å². The van der Waals surface area contributed by atoms with Gasteiger partial charge in [0.1, 0.15) is 0 Å². The van der Waals surface area contributed by atoms with Crippen molar-refractivity contribution in [3.63, 3.8) is 0 Å². The van der Waals surface area contributed by atoms with Crippen LogP contribution in [0.15, 0.2) is 60.8 Å². The second kappa shape index (κ2) is 7.43. The molecule has 0 saturated heterocycles. The molecule has 3 aromatic rings. The third-order valence-electron chi connectivity index (χ3n) is 3.89. The predicted molar refractivity (Wildman–Crippen MR) is 98.2 cm³/mol. The van der Waals surface area contributed by atoms with Crippen molar-refractivity contribution in [2.45, 2.75) is 13.0 Å². The normalized spacial score (nSPS) is 12.1. The van der Waals surface area contributed by atoms with E-state index in [1.165, 1.54) is 16.3 Å². The predicted octanol–water partition coefficient (Wildman–Crippen LogP) is 4.18. The maximum Gasteiger partial charge on any atom is 0.238 e. The SMILES string of the molecule is C[C@@H](NCC(=O)Nc1cccnc1Cl)c1cccc2ccccc12. The van der Waals surface area contributed by atoms with Gasteiger partial charge in [0.15, 0.2) is 5.15 Å². The summed E-state index contributed by atoms with van der Waals surface area (Å²) in [4.78, 5) is 16.0. The van der Waals surface area contributed by atoms with E-state index < -0.39 is 0 Å². The van der Waals surface area contributed by atoms with Gasteiger partial charge in [0.2, 0.25) is 5.91 Å². The first-order valence-corrected chi connectivity index (χ1v) is 8.14. The number of fused-ring (bicyclic) bond motifs is 1. The third-order valence-corrected chi connectivity index (χ3v) is 4.19. The van der Waals surface area contributed by atoms with Crippen molar-refractivity contribution in [2.24, 2.45) is 0 Å². The molecule has 5 heteroatoms. The molecule has 4 nitrogen and oxygen atoms in total. The molecule has 1 atom stereocenters. The van der Waals surface area contributed by atoms with E-state index in [0.29, 0.717) is 5.69 Å². The van der Waals surface area contributed by atoms with Crippen LogP contribution in [0.2, 0.25) is 5.15 Å². The molecule has 0 fully saturated rings. The Labute approximate surface area is 145 Å². The summed E-state index contributed by atoms with van der Waals surface area (Å²) in [5.74, 6) is -0.156. The number of halogens is 1. The van der Waals surface area contributed by atoms with Gasteiger partial charge in [0, 0.05) is 12.2 Å². The molecule has 0 radical (unpaired) electrons. The van der Waals surface area contributed by atoms with Crippen molar-refractivity contribution >= 4 is 34.0 Å². The van der Waals surface area contributed by atoms with E-state index in [0.717, 1.165) is 0 Å². The van der Waals surface area contributed by atoms with Crippen molar-refractivity contribution in [3.05, 3.63) is 71.5 Å². The largest absolute Gasteiger partial charge is 0.322 e. The van der Waals surface area contributed by atoms with Gasteiger partial charge < -0.3 is 10.6 Å². The van der Waals surface area contributed by atoms with Crippen molar-refractivity contribution in [1.82, 2.24) is 10.3 Å². The Hall–Kier alpha value is -2.43. The lowest BCUT2D eigenvalue weighted by Gasteiger charge is -2.16. The topological polar surface area (TPSA) is 54.0 Å². The molecule has 0 unspecified atom stereocenters. The van der Waals surface area contributed by atoms with E-state index in [1.807, 2.05) is 25.1 Å². The third kappa shape index (κ3) is 3.72. The van der Waals surface area contributed by atoms with Crippen molar-refractivity contribution < 1.29 is 4.79 Å². The molecule has 0 saturated carbocycles. The van der Waals surface area contributed by atoms with E-state index in [4.69, 9.17) is 11.6 Å². The molecule has 122 valence electrons. The van der Waals surface area contributed by atoms with Crippen LogP contribution in [0.3, 0.4) is 0 Å². The molecular weight excluding hydrogens is 322 g/mol. The molecule has 1 heterocycles. The molecule has 1 amide bonds. The lowest BCUT2D eigenvalue weighted by atomic mass is 10.00. The van der Waals surface area contributed by atoms with Crippen molar-refractivity contribution in [2.75, 3.05) is 11.9 Å². The second-order valence-electron chi connectivity index (χ2n) is 5.56. The van der Waals surface area contributed by atoms with E-state index in [1.54, 1.807) is 18.3 Å². The molecule has 24 heavy (non-hydrogen) atoms. The fourth-order valence-electron chi connectivity index (χ4n) is 2.66. The quantitative estimate of drug-likeness (QED) is 0.686. The molecule has 2 N–H and O–H groups in total. The number of anilines is 1. The minimum absolute atomic E-state index is 0.0474. The highest BCUT2D eigenvalue weighted by Gasteiger charge is 2.11. The number of nitrogens with zero attached hydrogens (tertiary/aromatic N) is 1. The average molecular weight is 340 g/mol. The van der Waals surface area contributed by atoms with E-state index in [-0.39, 0.29) is 23.6 Å². The van der Waals surface area contributed by atoms with Gasteiger partial charge in [-0.05, 0) is 35.4 Å². The summed E-state index contributed by atoms with van der Waals surface area (Å²) < 4.78 is 0. The number of rotatable bonds is 5. The van der Waals surface area contributed by atoms with Crippen LogP contribution in [0.5, 0.6) is 0 Å². The van der Waals surface area contributed by atoms with Crippen LogP contribution in [0, 0.1) is 0 Å². The minimum atomic E-state index is -0.156. The zero-order valence-corrected chi connectivity index (χ0v) is 14.0. The molecule has 0 aliphatic rings. The highest BCUT2D eigenvalue weighted by Crippen LogP contribution is 2.24. The highest BCUT2D eigenvalue weighted by molar-refractivity contribution is 6.32. The minimum Gasteiger partial charge on any atom is -0.322 e. The fourth-order valence-corrected chi connectivity index (χ4v) is 2.82. The van der Waals surface area contributed by atoms with Gasteiger partial charge >= 0.3 is 0 Å². The first kappa shape index (κ1) is 16.4. The first-order valence-electron chi connectivity index (χ1n) is 7.76. The monoisotopic (exact) mass is 339 g/mol. The molecule has 0 aliphatic heterocycles. The van der Waals surface area contributed by atoms with Crippen LogP contribution in [0.4, 0.5) is 5.69 Å². The van der Waals surface area contributed by atoms with Gasteiger partial charge in [0.05, 0.1) is 12.2 Å². The van der Waals surface area contributed by atoms with Crippen molar-refractivity contribution in [3.8, 4) is 0 Å². The summed E-state index contributed by atoms with van der Waals surface area (Å²) >= 11 is 5.95. The van der Waals surface area contributed by atoms with Gasteiger partial charge in [0.25, 0.3) is 0 Å². The summed E-state index contributed by atoms with van der Waals surface area (Å²) in [6.07, 6.45) is 1.58. The summed E-state index contributed by atoms with van der Waals surface area (Å²) in [5, 5.41) is 8.68. The zero-order valence-electron chi connectivity index (χ0n) is 13.3. The number of hydrogen-bond donors (Lipinski definition) is 2. The van der Waals surface area contributed by atoms with E-state index in [9.17, 15) is 4.79 Å². The highest BCUT2D eigenvalue weighted by atomic mass is 35.5.